The molecule has 0 aliphatic carbocycles. The Labute approximate surface area is 131 Å². The molecule has 0 atom stereocenters. The lowest BCUT2D eigenvalue weighted by Gasteiger charge is -2.30. The standard InChI is InChI=1S/C18H21N3O/c1-13-10-14(2)17-16(11-13)12-15(4-3-5-19)18(20-17)21-6-8-22-9-7-21/h10-12H,3-4,6-9H2,1-2H3. The van der Waals surface area contributed by atoms with Crippen LogP contribution >= 0.6 is 0 Å². The molecule has 2 aromatic rings. The second-order valence-corrected chi connectivity index (χ2v) is 5.88. The van der Waals surface area contributed by atoms with Gasteiger partial charge in [-0.2, -0.15) is 5.26 Å². The van der Waals surface area contributed by atoms with Gasteiger partial charge in [-0.1, -0.05) is 11.6 Å². The molecule has 1 aliphatic heterocycles. The molecule has 22 heavy (non-hydrogen) atoms. The molecule has 1 fully saturated rings. The quantitative estimate of drug-likeness (QED) is 0.873. The minimum Gasteiger partial charge on any atom is -0.378 e. The van der Waals surface area contributed by atoms with E-state index in [1.807, 2.05) is 0 Å². The van der Waals surface area contributed by atoms with Gasteiger partial charge in [-0.25, -0.2) is 4.98 Å². The highest BCUT2D eigenvalue weighted by molar-refractivity contribution is 5.85. The summed E-state index contributed by atoms with van der Waals surface area (Å²) in [6.07, 6.45) is 1.27. The third kappa shape index (κ3) is 2.90. The molecular formula is C18H21N3O. The van der Waals surface area contributed by atoms with Crippen LogP contribution in [0.1, 0.15) is 23.1 Å². The Hall–Kier alpha value is -2.12. The third-order valence-electron chi connectivity index (χ3n) is 4.13. The van der Waals surface area contributed by atoms with Crippen molar-refractivity contribution in [3.05, 3.63) is 34.9 Å². The molecule has 1 aromatic carbocycles. The van der Waals surface area contributed by atoms with E-state index in [4.69, 9.17) is 15.0 Å². The first kappa shape index (κ1) is 14.8. The molecule has 4 nitrogen and oxygen atoms in total. The number of fused-ring (bicyclic) bond motifs is 1. The maximum absolute atomic E-state index is 8.93. The summed E-state index contributed by atoms with van der Waals surface area (Å²) >= 11 is 0. The number of nitrogens with zero attached hydrogens (tertiary/aromatic N) is 3. The van der Waals surface area contributed by atoms with Crippen molar-refractivity contribution in [2.24, 2.45) is 0 Å². The highest BCUT2D eigenvalue weighted by atomic mass is 16.5. The maximum Gasteiger partial charge on any atom is 0.132 e. The number of ether oxygens (including phenoxy) is 1. The molecule has 4 heteroatoms. The molecule has 1 saturated heterocycles. The van der Waals surface area contributed by atoms with Gasteiger partial charge in [-0.15, -0.1) is 0 Å². The van der Waals surface area contributed by atoms with Crippen LogP contribution in [0.2, 0.25) is 0 Å². The van der Waals surface area contributed by atoms with Crippen LogP contribution in [0.4, 0.5) is 5.82 Å². The van der Waals surface area contributed by atoms with E-state index in [1.165, 1.54) is 22.1 Å². The molecule has 114 valence electrons. The van der Waals surface area contributed by atoms with Crippen LogP contribution in [0.25, 0.3) is 10.9 Å². The van der Waals surface area contributed by atoms with Crippen molar-refractivity contribution in [2.45, 2.75) is 26.7 Å². The Morgan fingerprint density at radius 3 is 2.73 bits per heavy atom. The van der Waals surface area contributed by atoms with Gasteiger partial charge in [0.2, 0.25) is 0 Å². The van der Waals surface area contributed by atoms with Gasteiger partial charge >= 0.3 is 0 Å². The summed E-state index contributed by atoms with van der Waals surface area (Å²) in [5.41, 5.74) is 4.68. The number of aryl methyl sites for hydroxylation is 3. The highest BCUT2D eigenvalue weighted by Gasteiger charge is 2.17. The molecule has 1 aliphatic rings. The van der Waals surface area contributed by atoms with E-state index in [0.29, 0.717) is 6.42 Å². The van der Waals surface area contributed by atoms with Crippen molar-refractivity contribution in [2.75, 3.05) is 31.2 Å². The molecule has 0 amide bonds. The Morgan fingerprint density at radius 2 is 2.00 bits per heavy atom. The summed E-state index contributed by atoms with van der Waals surface area (Å²) in [5.74, 6) is 1.03. The first-order valence-electron chi connectivity index (χ1n) is 7.79. The SMILES string of the molecule is Cc1cc(C)c2nc(N3CCOCC3)c(CCC#N)cc2c1. The first-order chi connectivity index (χ1) is 10.7. The summed E-state index contributed by atoms with van der Waals surface area (Å²) in [7, 11) is 0. The van der Waals surface area contributed by atoms with Gasteiger partial charge in [0, 0.05) is 24.9 Å². The Kier molecular flexibility index (Phi) is 4.26. The molecule has 3 rings (SSSR count). The Bertz CT molecular complexity index is 727. The van der Waals surface area contributed by atoms with Gasteiger partial charge in [0.1, 0.15) is 5.82 Å². The molecule has 0 radical (unpaired) electrons. The first-order valence-corrected chi connectivity index (χ1v) is 7.79. The predicted molar refractivity (Wildman–Crippen MR) is 88.2 cm³/mol. The summed E-state index contributed by atoms with van der Waals surface area (Å²) in [5, 5.41) is 10.1. The van der Waals surface area contributed by atoms with Crippen LogP contribution in [-0.2, 0) is 11.2 Å². The van der Waals surface area contributed by atoms with Gasteiger partial charge < -0.3 is 9.64 Å². The smallest absolute Gasteiger partial charge is 0.132 e. The van der Waals surface area contributed by atoms with Gasteiger partial charge in [0.15, 0.2) is 0 Å². The van der Waals surface area contributed by atoms with Crippen molar-refractivity contribution in [1.82, 2.24) is 4.98 Å². The lowest BCUT2D eigenvalue weighted by Crippen LogP contribution is -2.37. The number of aromatic nitrogens is 1. The van der Waals surface area contributed by atoms with E-state index in [0.717, 1.165) is 44.1 Å². The summed E-state index contributed by atoms with van der Waals surface area (Å²) in [6.45, 7) is 7.43. The Balaban J connectivity index is 2.12. The lowest BCUT2D eigenvalue weighted by molar-refractivity contribution is 0.122. The number of pyridine rings is 1. The lowest BCUT2D eigenvalue weighted by atomic mass is 10.0. The van der Waals surface area contributed by atoms with Crippen LogP contribution in [0, 0.1) is 25.2 Å². The molecule has 0 saturated carbocycles. The van der Waals surface area contributed by atoms with Crippen molar-refractivity contribution in [3.8, 4) is 6.07 Å². The normalized spacial score (nSPS) is 15.0. The van der Waals surface area contributed by atoms with E-state index < -0.39 is 0 Å². The van der Waals surface area contributed by atoms with Gasteiger partial charge in [0.25, 0.3) is 0 Å². The fraction of sp³-hybridized carbons (Fsp3) is 0.444. The van der Waals surface area contributed by atoms with E-state index in [2.05, 4.69) is 43.0 Å². The molecule has 2 heterocycles. The average Bonchev–Trinajstić information content (AvgIpc) is 2.53. The topological polar surface area (TPSA) is 49.2 Å². The van der Waals surface area contributed by atoms with Crippen molar-refractivity contribution >= 4 is 16.7 Å². The van der Waals surface area contributed by atoms with Crippen LogP contribution in [0.3, 0.4) is 0 Å². The minimum atomic E-state index is 0.523. The third-order valence-corrected chi connectivity index (χ3v) is 4.13. The summed E-state index contributed by atoms with van der Waals surface area (Å²) in [6, 6.07) is 8.81. The van der Waals surface area contributed by atoms with E-state index in [-0.39, 0.29) is 0 Å². The number of rotatable bonds is 3. The zero-order valence-electron chi connectivity index (χ0n) is 13.2. The van der Waals surface area contributed by atoms with Crippen LogP contribution in [-0.4, -0.2) is 31.3 Å². The molecule has 0 spiro atoms. The number of hydrogen-bond acceptors (Lipinski definition) is 4. The Morgan fingerprint density at radius 1 is 1.23 bits per heavy atom. The van der Waals surface area contributed by atoms with Gasteiger partial charge in [-0.05, 0) is 43.5 Å². The zero-order chi connectivity index (χ0) is 15.5. The average molecular weight is 295 g/mol. The second kappa shape index (κ2) is 6.33. The van der Waals surface area contributed by atoms with E-state index >= 15 is 0 Å². The number of morpholine rings is 1. The number of hydrogen-bond donors (Lipinski definition) is 0. The van der Waals surface area contributed by atoms with E-state index in [1.54, 1.807) is 0 Å². The van der Waals surface area contributed by atoms with Gasteiger partial charge in [-0.3, -0.25) is 0 Å². The maximum atomic E-state index is 8.93. The van der Waals surface area contributed by atoms with Crippen LogP contribution < -0.4 is 4.90 Å². The number of benzene rings is 1. The van der Waals surface area contributed by atoms with E-state index in [9.17, 15) is 0 Å². The van der Waals surface area contributed by atoms with Crippen molar-refractivity contribution in [1.29, 1.82) is 5.26 Å². The number of nitriles is 1. The highest BCUT2D eigenvalue weighted by Crippen LogP contribution is 2.28. The van der Waals surface area contributed by atoms with Gasteiger partial charge in [0.05, 0.1) is 24.8 Å². The zero-order valence-corrected chi connectivity index (χ0v) is 13.2. The summed E-state index contributed by atoms with van der Waals surface area (Å²) in [4.78, 5) is 7.24. The fourth-order valence-electron chi connectivity index (χ4n) is 3.11. The van der Waals surface area contributed by atoms with Crippen LogP contribution in [0.5, 0.6) is 0 Å². The number of anilines is 1. The predicted octanol–water partition coefficient (Wildman–Crippen LogP) is 3.14. The molecule has 0 bridgehead atoms. The largest absolute Gasteiger partial charge is 0.378 e. The minimum absolute atomic E-state index is 0.523. The summed E-state index contributed by atoms with van der Waals surface area (Å²) < 4.78 is 5.45. The molecule has 1 aromatic heterocycles. The monoisotopic (exact) mass is 295 g/mol. The van der Waals surface area contributed by atoms with Crippen molar-refractivity contribution in [3.63, 3.8) is 0 Å². The molecular weight excluding hydrogens is 274 g/mol. The molecule has 0 N–H and O–H groups in total. The second-order valence-electron chi connectivity index (χ2n) is 5.88. The van der Waals surface area contributed by atoms with Crippen molar-refractivity contribution < 1.29 is 4.74 Å². The fourth-order valence-corrected chi connectivity index (χ4v) is 3.11. The van der Waals surface area contributed by atoms with Crippen LogP contribution in [0.15, 0.2) is 18.2 Å². The molecule has 0 unspecified atom stereocenters.